The summed E-state index contributed by atoms with van der Waals surface area (Å²) in [5.74, 6) is -0.905. The fourth-order valence-corrected chi connectivity index (χ4v) is 2.16. The zero-order valence-corrected chi connectivity index (χ0v) is 9.55. The van der Waals surface area contributed by atoms with Crippen LogP contribution in [0, 0.1) is 0 Å². The number of hydrogen-bond acceptors (Lipinski definition) is 1. The molecule has 0 unspecified atom stereocenters. The summed E-state index contributed by atoms with van der Waals surface area (Å²) in [5, 5.41) is 10.1. The molecule has 0 spiro atoms. The molecule has 3 aromatic rings. The number of carboxylic acid groups (broad SMARTS) is 1. The van der Waals surface area contributed by atoms with E-state index in [1.807, 2.05) is 36.5 Å². The molecule has 2 N–H and O–H groups in total. The molecule has 0 aliphatic heterocycles. The molecule has 0 amide bonds. The molecule has 18 heavy (non-hydrogen) atoms. The summed E-state index contributed by atoms with van der Waals surface area (Å²) >= 11 is 0. The summed E-state index contributed by atoms with van der Waals surface area (Å²) in [6.07, 6.45) is 1.88. The summed E-state index contributed by atoms with van der Waals surface area (Å²) in [5.41, 5.74) is 3.31. The van der Waals surface area contributed by atoms with Crippen LogP contribution in [-0.2, 0) is 0 Å². The maximum absolute atomic E-state index is 11.0. The van der Waals surface area contributed by atoms with Gasteiger partial charge in [0, 0.05) is 17.1 Å². The Morgan fingerprint density at radius 1 is 1.06 bits per heavy atom. The molecule has 0 atom stereocenters. The molecule has 0 saturated heterocycles. The Labute approximate surface area is 104 Å². The number of carboxylic acids is 1. The molecule has 2 aromatic carbocycles. The lowest BCUT2D eigenvalue weighted by Crippen LogP contribution is -1.95. The highest BCUT2D eigenvalue weighted by Crippen LogP contribution is 2.28. The Hall–Kier alpha value is -2.55. The fourth-order valence-electron chi connectivity index (χ4n) is 2.16. The van der Waals surface area contributed by atoms with E-state index in [1.54, 1.807) is 18.2 Å². The van der Waals surface area contributed by atoms with Crippen LogP contribution in [0.5, 0.6) is 0 Å². The zero-order valence-electron chi connectivity index (χ0n) is 9.55. The first-order valence-electron chi connectivity index (χ1n) is 5.65. The average molecular weight is 237 g/mol. The lowest BCUT2D eigenvalue weighted by Gasteiger charge is -2.04. The van der Waals surface area contributed by atoms with Gasteiger partial charge in [-0.05, 0) is 35.4 Å². The van der Waals surface area contributed by atoms with Crippen molar-refractivity contribution >= 4 is 16.9 Å². The number of aromatic nitrogens is 1. The Bertz CT molecular complexity index is 728. The zero-order chi connectivity index (χ0) is 12.5. The third kappa shape index (κ3) is 1.66. The maximum atomic E-state index is 11.0. The van der Waals surface area contributed by atoms with E-state index in [2.05, 4.69) is 4.98 Å². The number of fused-ring (bicyclic) bond motifs is 1. The Kier molecular flexibility index (Phi) is 2.38. The first-order chi connectivity index (χ1) is 8.75. The van der Waals surface area contributed by atoms with Crippen molar-refractivity contribution in [3.63, 3.8) is 0 Å². The molecule has 3 rings (SSSR count). The van der Waals surface area contributed by atoms with Gasteiger partial charge in [-0.1, -0.05) is 24.3 Å². The van der Waals surface area contributed by atoms with Crippen molar-refractivity contribution in [2.75, 3.05) is 0 Å². The smallest absolute Gasteiger partial charge is 0.335 e. The number of rotatable bonds is 2. The lowest BCUT2D eigenvalue weighted by molar-refractivity contribution is 0.0697. The van der Waals surface area contributed by atoms with E-state index in [4.69, 9.17) is 5.11 Å². The first-order valence-corrected chi connectivity index (χ1v) is 5.65. The van der Waals surface area contributed by atoms with Crippen LogP contribution in [0.25, 0.3) is 22.0 Å². The number of aromatic amines is 1. The van der Waals surface area contributed by atoms with Gasteiger partial charge in [-0.25, -0.2) is 4.79 Å². The maximum Gasteiger partial charge on any atom is 0.335 e. The highest BCUT2D eigenvalue weighted by Gasteiger charge is 2.07. The molecular weight excluding hydrogens is 226 g/mol. The highest BCUT2D eigenvalue weighted by atomic mass is 16.4. The molecule has 1 aromatic heterocycles. The third-order valence-electron chi connectivity index (χ3n) is 3.02. The van der Waals surface area contributed by atoms with E-state index in [0.717, 1.165) is 22.0 Å². The number of hydrogen-bond donors (Lipinski definition) is 2. The molecule has 88 valence electrons. The highest BCUT2D eigenvalue weighted by molar-refractivity contribution is 5.97. The average Bonchev–Trinajstić information content (AvgIpc) is 2.87. The number of H-pyrrole nitrogens is 1. The van der Waals surface area contributed by atoms with Crippen molar-refractivity contribution < 1.29 is 9.90 Å². The topological polar surface area (TPSA) is 53.1 Å². The SMILES string of the molecule is O=C(O)c1cccc(-c2cccc3[nH]ccc23)c1. The molecule has 0 aliphatic carbocycles. The molecule has 0 bridgehead atoms. The number of carbonyl (C=O) groups is 1. The Morgan fingerprint density at radius 2 is 1.89 bits per heavy atom. The van der Waals surface area contributed by atoms with Crippen LogP contribution in [0.1, 0.15) is 10.4 Å². The minimum atomic E-state index is -0.905. The molecule has 0 saturated carbocycles. The van der Waals surface area contributed by atoms with Gasteiger partial charge < -0.3 is 10.1 Å². The number of aromatic carboxylic acids is 1. The van der Waals surface area contributed by atoms with Gasteiger partial charge in [-0.15, -0.1) is 0 Å². The second kappa shape index (κ2) is 4.04. The summed E-state index contributed by atoms with van der Waals surface area (Å²) in [6, 6.07) is 14.9. The molecule has 3 heteroatoms. The first kappa shape index (κ1) is 10.6. The molecule has 0 aliphatic rings. The quantitative estimate of drug-likeness (QED) is 0.716. The van der Waals surface area contributed by atoms with Gasteiger partial charge in [0.15, 0.2) is 0 Å². The second-order valence-electron chi connectivity index (χ2n) is 4.13. The van der Waals surface area contributed by atoms with Crippen LogP contribution < -0.4 is 0 Å². The van der Waals surface area contributed by atoms with Crippen LogP contribution in [0.2, 0.25) is 0 Å². The summed E-state index contributed by atoms with van der Waals surface area (Å²) < 4.78 is 0. The van der Waals surface area contributed by atoms with Gasteiger partial charge in [0.1, 0.15) is 0 Å². The van der Waals surface area contributed by atoms with Crippen molar-refractivity contribution in [1.29, 1.82) is 0 Å². The van der Waals surface area contributed by atoms with Crippen molar-refractivity contribution in [2.24, 2.45) is 0 Å². The van der Waals surface area contributed by atoms with Crippen LogP contribution in [0.15, 0.2) is 54.7 Å². The molecule has 0 radical (unpaired) electrons. The predicted molar refractivity (Wildman–Crippen MR) is 70.7 cm³/mol. The van der Waals surface area contributed by atoms with Crippen molar-refractivity contribution in [3.8, 4) is 11.1 Å². The third-order valence-corrected chi connectivity index (χ3v) is 3.02. The van der Waals surface area contributed by atoms with Crippen molar-refractivity contribution in [1.82, 2.24) is 4.98 Å². The van der Waals surface area contributed by atoms with Gasteiger partial charge in [-0.3, -0.25) is 0 Å². The predicted octanol–water partition coefficient (Wildman–Crippen LogP) is 3.53. The largest absolute Gasteiger partial charge is 0.478 e. The fraction of sp³-hybridized carbons (Fsp3) is 0. The molecule has 3 nitrogen and oxygen atoms in total. The van der Waals surface area contributed by atoms with Gasteiger partial charge >= 0.3 is 5.97 Å². The normalized spacial score (nSPS) is 10.7. The molecule has 1 heterocycles. The van der Waals surface area contributed by atoms with Crippen LogP contribution in [-0.4, -0.2) is 16.1 Å². The van der Waals surface area contributed by atoms with E-state index in [0.29, 0.717) is 5.56 Å². The van der Waals surface area contributed by atoms with Crippen molar-refractivity contribution in [3.05, 3.63) is 60.3 Å². The Morgan fingerprint density at radius 3 is 2.72 bits per heavy atom. The van der Waals surface area contributed by atoms with E-state index in [9.17, 15) is 4.79 Å². The number of benzene rings is 2. The molecular formula is C15H11NO2. The van der Waals surface area contributed by atoms with E-state index in [-0.39, 0.29) is 0 Å². The van der Waals surface area contributed by atoms with Gasteiger partial charge in [0.05, 0.1) is 5.56 Å². The van der Waals surface area contributed by atoms with Crippen LogP contribution in [0.3, 0.4) is 0 Å². The summed E-state index contributed by atoms with van der Waals surface area (Å²) in [4.78, 5) is 14.1. The molecule has 0 fully saturated rings. The monoisotopic (exact) mass is 237 g/mol. The number of nitrogens with one attached hydrogen (secondary N) is 1. The van der Waals surface area contributed by atoms with Gasteiger partial charge in [0.2, 0.25) is 0 Å². The van der Waals surface area contributed by atoms with Crippen LogP contribution in [0.4, 0.5) is 0 Å². The van der Waals surface area contributed by atoms with E-state index < -0.39 is 5.97 Å². The van der Waals surface area contributed by atoms with Crippen LogP contribution >= 0.6 is 0 Å². The van der Waals surface area contributed by atoms with E-state index >= 15 is 0 Å². The van der Waals surface area contributed by atoms with Crippen molar-refractivity contribution in [2.45, 2.75) is 0 Å². The van der Waals surface area contributed by atoms with Gasteiger partial charge in [0.25, 0.3) is 0 Å². The van der Waals surface area contributed by atoms with E-state index in [1.165, 1.54) is 0 Å². The minimum Gasteiger partial charge on any atom is -0.478 e. The summed E-state index contributed by atoms with van der Waals surface area (Å²) in [6.45, 7) is 0. The summed E-state index contributed by atoms with van der Waals surface area (Å²) in [7, 11) is 0. The Balaban J connectivity index is 2.23. The minimum absolute atomic E-state index is 0.306. The van der Waals surface area contributed by atoms with Gasteiger partial charge in [-0.2, -0.15) is 0 Å². The second-order valence-corrected chi connectivity index (χ2v) is 4.13. The lowest BCUT2D eigenvalue weighted by atomic mass is 10.00. The standard InChI is InChI=1S/C15H11NO2/c17-15(18)11-4-1-3-10(9-11)12-5-2-6-14-13(12)7-8-16-14/h1-9,16H,(H,17,18).